The lowest BCUT2D eigenvalue weighted by Crippen LogP contribution is -2.49. The third-order valence-electron chi connectivity index (χ3n) is 6.01. The summed E-state index contributed by atoms with van der Waals surface area (Å²) in [5, 5.41) is 2.61. The number of benzene rings is 1. The van der Waals surface area contributed by atoms with E-state index >= 15 is 0 Å². The SMILES string of the molecule is CC(C)(C)OC(=O)NCCOCCOCCOCCOCCONc1ccc2c(c1)C(=O)N(C1CCC(=O)N=C1N)C2=O. The molecule has 1 aromatic rings. The van der Waals surface area contributed by atoms with Crippen LogP contribution in [0, 0.1) is 0 Å². The largest absolute Gasteiger partial charge is 0.444 e. The third-order valence-corrected chi connectivity index (χ3v) is 6.01. The second-order valence-corrected chi connectivity index (χ2v) is 10.6. The van der Waals surface area contributed by atoms with Crippen molar-refractivity contribution in [1.29, 1.82) is 0 Å². The summed E-state index contributed by atoms with van der Waals surface area (Å²) < 4.78 is 26.8. The highest BCUT2D eigenvalue weighted by atomic mass is 16.7. The van der Waals surface area contributed by atoms with E-state index in [1.807, 2.05) is 0 Å². The second kappa shape index (κ2) is 16.9. The van der Waals surface area contributed by atoms with E-state index in [0.717, 1.165) is 4.90 Å². The van der Waals surface area contributed by atoms with Gasteiger partial charge >= 0.3 is 6.09 Å². The van der Waals surface area contributed by atoms with E-state index in [-0.39, 0.29) is 42.3 Å². The Morgan fingerprint density at radius 3 is 2.09 bits per heavy atom. The zero-order chi connectivity index (χ0) is 31.2. The van der Waals surface area contributed by atoms with Crippen LogP contribution in [0.2, 0.25) is 0 Å². The molecule has 238 valence electrons. The van der Waals surface area contributed by atoms with Crippen LogP contribution in [0.25, 0.3) is 0 Å². The molecular formula is C28H41N5O10. The highest BCUT2D eigenvalue weighted by Gasteiger charge is 2.42. The maximum absolute atomic E-state index is 12.9. The average Bonchev–Trinajstić information content (AvgIpc) is 3.18. The zero-order valence-corrected chi connectivity index (χ0v) is 24.8. The number of amides is 4. The summed E-state index contributed by atoms with van der Waals surface area (Å²) in [6, 6.07) is 3.96. The smallest absolute Gasteiger partial charge is 0.407 e. The van der Waals surface area contributed by atoms with Crippen molar-refractivity contribution in [3.05, 3.63) is 29.3 Å². The minimum Gasteiger partial charge on any atom is -0.444 e. The molecule has 4 N–H and O–H groups in total. The number of alkyl carbamates (subject to hydrolysis) is 1. The maximum Gasteiger partial charge on any atom is 0.407 e. The number of imide groups is 1. The number of aliphatic imine (C=N–C) groups is 1. The predicted molar refractivity (Wildman–Crippen MR) is 154 cm³/mol. The standard InChI is InChI=1S/C28H41N5O10/c1-28(2,3)43-27(37)30-8-9-38-10-11-39-12-13-40-14-15-41-16-17-42-32-19-4-5-20-21(18-19)26(36)33(25(20)35)22-6-7-23(34)31-24(22)29/h4-5,18,22,32H,6-17H2,1-3H3,(H,30,37)(H2,29,31,34). The van der Waals surface area contributed by atoms with Crippen molar-refractivity contribution in [2.45, 2.75) is 45.3 Å². The molecule has 2 heterocycles. The molecule has 3 rings (SSSR count). The van der Waals surface area contributed by atoms with Crippen LogP contribution in [0.15, 0.2) is 23.2 Å². The molecule has 4 amide bonds. The van der Waals surface area contributed by atoms with Crippen molar-refractivity contribution in [2.75, 3.05) is 71.5 Å². The van der Waals surface area contributed by atoms with Gasteiger partial charge in [0.25, 0.3) is 11.8 Å². The normalized spacial score (nSPS) is 16.7. The van der Waals surface area contributed by atoms with E-state index in [4.69, 9.17) is 34.3 Å². The van der Waals surface area contributed by atoms with Gasteiger partial charge in [-0.05, 0) is 45.4 Å². The number of rotatable bonds is 18. The molecular weight excluding hydrogens is 566 g/mol. The van der Waals surface area contributed by atoms with E-state index in [1.54, 1.807) is 32.9 Å². The molecule has 1 unspecified atom stereocenters. The summed E-state index contributed by atoms with van der Waals surface area (Å²) in [5.41, 5.74) is 9.02. The van der Waals surface area contributed by atoms with Gasteiger partial charge in [0.2, 0.25) is 5.91 Å². The van der Waals surface area contributed by atoms with E-state index in [9.17, 15) is 19.2 Å². The van der Waals surface area contributed by atoms with Crippen molar-refractivity contribution in [3.8, 4) is 0 Å². The Labute approximate surface area is 250 Å². The number of hydrogen-bond donors (Lipinski definition) is 3. The Hall–Kier alpha value is -3.63. The maximum atomic E-state index is 12.9. The highest BCUT2D eigenvalue weighted by molar-refractivity contribution is 6.23. The molecule has 15 heteroatoms. The molecule has 0 spiro atoms. The topological polar surface area (TPSA) is 189 Å². The molecule has 0 fully saturated rings. The van der Waals surface area contributed by atoms with Gasteiger partial charge in [0, 0.05) is 13.0 Å². The molecule has 0 bridgehead atoms. The molecule has 0 aliphatic carbocycles. The number of hydrogen-bond acceptors (Lipinski definition) is 12. The molecule has 1 aromatic carbocycles. The van der Waals surface area contributed by atoms with Gasteiger partial charge in [-0.25, -0.2) is 4.79 Å². The monoisotopic (exact) mass is 607 g/mol. The second-order valence-electron chi connectivity index (χ2n) is 10.6. The van der Waals surface area contributed by atoms with E-state index in [1.165, 1.54) is 6.07 Å². The van der Waals surface area contributed by atoms with Crippen molar-refractivity contribution < 1.29 is 47.7 Å². The van der Waals surface area contributed by atoms with E-state index in [2.05, 4.69) is 15.8 Å². The lowest BCUT2D eigenvalue weighted by Gasteiger charge is -2.27. The van der Waals surface area contributed by atoms with Crippen molar-refractivity contribution in [2.24, 2.45) is 10.7 Å². The fraction of sp³-hybridized carbons (Fsp3) is 0.607. The van der Waals surface area contributed by atoms with Gasteiger partial charge in [0.05, 0.1) is 82.3 Å². The fourth-order valence-electron chi connectivity index (χ4n) is 4.09. The van der Waals surface area contributed by atoms with Crippen molar-refractivity contribution in [1.82, 2.24) is 10.2 Å². The van der Waals surface area contributed by atoms with Gasteiger partial charge in [0.1, 0.15) is 11.4 Å². The number of anilines is 1. The average molecular weight is 608 g/mol. The van der Waals surface area contributed by atoms with Crippen LogP contribution in [0.1, 0.15) is 54.3 Å². The molecule has 0 saturated heterocycles. The highest BCUT2D eigenvalue weighted by Crippen LogP contribution is 2.29. The van der Waals surface area contributed by atoms with Crippen molar-refractivity contribution >= 4 is 35.3 Å². The van der Waals surface area contributed by atoms with E-state index < -0.39 is 29.6 Å². The molecule has 0 aromatic heterocycles. The van der Waals surface area contributed by atoms with Crippen LogP contribution in [0.4, 0.5) is 10.5 Å². The number of carbonyl (C=O) groups excluding carboxylic acids is 4. The molecule has 0 saturated carbocycles. The predicted octanol–water partition coefficient (Wildman–Crippen LogP) is 1.26. The number of amidine groups is 1. The minimum absolute atomic E-state index is 0.0315. The van der Waals surface area contributed by atoms with Gasteiger partial charge in [-0.15, -0.1) is 0 Å². The van der Waals surface area contributed by atoms with Gasteiger partial charge in [0.15, 0.2) is 0 Å². The number of nitrogens with two attached hydrogens (primary N) is 1. The number of carbonyl (C=O) groups is 4. The Morgan fingerprint density at radius 2 is 1.49 bits per heavy atom. The summed E-state index contributed by atoms with van der Waals surface area (Å²) >= 11 is 0. The fourth-order valence-corrected chi connectivity index (χ4v) is 4.09. The van der Waals surface area contributed by atoms with Gasteiger partial charge in [-0.2, -0.15) is 4.99 Å². The van der Waals surface area contributed by atoms with Crippen LogP contribution in [0.3, 0.4) is 0 Å². The Bertz CT molecular complexity index is 1150. The molecule has 2 aliphatic heterocycles. The first-order chi connectivity index (χ1) is 20.6. The Kier molecular flexibility index (Phi) is 13.3. The number of nitrogens with zero attached hydrogens (tertiary/aromatic N) is 2. The zero-order valence-electron chi connectivity index (χ0n) is 24.8. The van der Waals surface area contributed by atoms with Gasteiger partial charge in [-0.1, -0.05) is 0 Å². The molecule has 2 aliphatic rings. The molecule has 43 heavy (non-hydrogen) atoms. The summed E-state index contributed by atoms with van der Waals surface area (Å²) in [4.78, 5) is 58.9. The summed E-state index contributed by atoms with van der Waals surface area (Å²) in [5.74, 6) is -1.36. The lowest BCUT2D eigenvalue weighted by molar-refractivity contribution is -0.118. The van der Waals surface area contributed by atoms with Crippen LogP contribution < -0.4 is 16.5 Å². The Morgan fingerprint density at radius 1 is 0.907 bits per heavy atom. The number of fused-ring (bicyclic) bond motifs is 1. The van der Waals surface area contributed by atoms with Crippen LogP contribution in [-0.2, 0) is 33.3 Å². The summed E-state index contributed by atoms with van der Waals surface area (Å²) in [7, 11) is 0. The van der Waals surface area contributed by atoms with Crippen molar-refractivity contribution in [3.63, 3.8) is 0 Å². The van der Waals surface area contributed by atoms with Crippen LogP contribution >= 0.6 is 0 Å². The molecule has 0 radical (unpaired) electrons. The first-order valence-electron chi connectivity index (χ1n) is 14.1. The Balaban J connectivity index is 1.16. The molecule has 1 atom stereocenters. The van der Waals surface area contributed by atoms with Gasteiger partial charge in [-0.3, -0.25) is 29.6 Å². The van der Waals surface area contributed by atoms with Gasteiger partial charge < -0.3 is 34.7 Å². The van der Waals surface area contributed by atoms with Crippen LogP contribution in [0.5, 0.6) is 0 Å². The quantitative estimate of drug-likeness (QED) is 0.123. The molecule has 15 nitrogen and oxygen atoms in total. The van der Waals surface area contributed by atoms with E-state index in [0.29, 0.717) is 65.1 Å². The lowest BCUT2D eigenvalue weighted by atomic mass is 10.1. The summed E-state index contributed by atoms with van der Waals surface area (Å²) in [6.07, 6.45) is -0.0998. The summed E-state index contributed by atoms with van der Waals surface area (Å²) in [6.45, 7) is 9.07. The first kappa shape index (κ1) is 33.9. The first-order valence-corrected chi connectivity index (χ1v) is 14.1. The third kappa shape index (κ3) is 11.2. The minimum atomic E-state index is -0.737. The van der Waals surface area contributed by atoms with Crippen LogP contribution in [-0.4, -0.2) is 112 Å². The number of ether oxygens (including phenoxy) is 5. The number of nitrogens with one attached hydrogen (secondary N) is 2.